The highest BCUT2D eigenvalue weighted by atomic mass is 35.5. The summed E-state index contributed by atoms with van der Waals surface area (Å²) in [6.07, 6.45) is 1.15. The highest BCUT2D eigenvalue weighted by Crippen LogP contribution is 2.22. The van der Waals surface area contributed by atoms with Crippen molar-refractivity contribution in [3.05, 3.63) is 34.9 Å². The second-order valence-electron chi connectivity index (χ2n) is 6.32. The van der Waals surface area contributed by atoms with Crippen molar-refractivity contribution in [3.8, 4) is 0 Å². The molecule has 2 rings (SSSR count). The molecule has 0 radical (unpaired) electrons. The molecule has 0 saturated carbocycles. The molecule has 132 valence electrons. The van der Waals surface area contributed by atoms with Gasteiger partial charge in [0, 0.05) is 23.6 Å². The molecule has 1 aliphatic rings. The van der Waals surface area contributed by atoms with Gasteiger partial charge in [0.25, 0.3) is 5.91 Å². The Bertz CT molecular complexity index is 718. The van der Waals surface area contributed by atoms with E-state index >= 15 is 0 Å². The molecule has 1 aromatic carbocycles. The van der Waals surface area contributed by atoms with Crippen molar-refractivity contribution in [2.45, 2.75) is 31.7 Å². The van der Waals surface area contributed by atoms with E-state index in [0.717, 1.165) is 0 Å². The van der Waals surface area contributed by atoms with Crippen LogP contribution in [0.15, 0.2) is 24.3 Å². The van der Waals surface area contributed by atoms with E-state index in [1.165, 1.54) is 0 Å². The van der Waals surface area contributed by atoms with Gasteiger partial charge in [-0.15, -0.1) is 0 Å². The Labute approximate surface area is 146 Å². The summed E-state index contributed by atoms with van der Waals surface area (Å²) in [7, 11) is -3.05. The normalized spacial score (nSPS) is 22.1. The Morgan fingerprint density at radius 3 is 2.50 bits per heavy atom. The number of amides is 2. The molecule has 1 atom stereocenters. The maximum Gasteiger partial charge on any atom is 0.251 e. The number of benzene rings is 1. The zero-order valence-corrected chi connectivity index (χ0v) is 15.0. The Morgan fingerprint density at radius 1 is 1.25 bits per heavy atom. The standard InChI is InChI=1S/C16H21ClN2O4S/c1-16(8-10-24(22,23)11-16)19-14(20)3-2-9-18-15(21)12-4-6-13(17)7-5-12/h4-7H,2-3,8-11H2,1H3,(H,18,21)(H,19,20). The Hall–Kier alpha value is -1.60. The van der Waals surface area contributed by atoms with Crippen LogP contribution in [0.2, 0.25) is 5.02 Å². The van der Waals surface area contributed by atoms with Crippen LogP contribution in [0.4, 0.5) is 0 Å². The van der Waals surface area contributed by atoms with Crippen molar-refractivity contribution in [1.29, 1.82) is 0 Å². The molecule has 8 heteroatoms. The summed E-state index contributed by atoms with van der Waals surface area (Å²) in [6, 6.07) is 6.54. The molecule has 0 bridgehead atoms. The fraction of sp³-hybridized carbons (Fsp3) is 0.500. The van der Waals surface area contributed by atoms with E-state index in [1.54, 1.807) is 31.2 Å². The third-order valence-corrected chi connectivity index (χ3v) is 6.07. The van der Waals surface area contributed by atoms with Gasteiger partial charge in [-0.2, -0.15) is 0 Å². The Balaban J connectivity index is 1.69. The first-order chi connectivity index (χ1) is 11.2. The van der Waals surface area contributed by atoms with Crippen LogP contribution in [-0.4, -0.2) is 43.8 Å². The third-order valence-electron chi connectivity index (χ3n) is 3.92. The Morgan fingerprint density at radius 2 is 1.92 bits per heavy atom. The van der Waals surface area contributed by atoms with Gasteiger partial charge in [0.15, 0.2) is 9.84 Å². The highest BCUT2D eigenvalue weighted by molar-refractivity contribution is 7.91. The number of rotatable bonds is 6. The zero-order chi connectivity index (χ0) is 17.8. The smallest absolute Gasteiger partial charge is 0.251 e. The number of carbonyl (C=O) groups excluding carboxylic acids is 2. The molecule has 1 saturated heterocycles. The molecule has 0 spiro atoms. The van der Waals surface area contributed by atoms with E-state index in [9.17, 15) is 18.0 Å². The highest BCUT2D eigenvalue weighted by Gasteiger charge is 2.39. The molecule has 2 amide bonds. The summed E-state index contributed by atoms with van der Waals surface area (Å²) in [6.45, 7) is 2.11. The lowest BCUT2D eigenvalue weighted by atomic mass is 10.0. The quantitative estimate of drug-likeness (QED) is 0.741. The molecule has 1 fully saturated rings. The molecule has 2 N–H and O–H groups in total. The van der Waals surface area contributed by atoms with E-state index < -0.39 is 15.4 Å². The molecule has 1 aliphatic heterocycles. The van der Waals surface area contributed by atoms with Gasteiger partial charge in [-0.25, -0.2) is 8.42 Å². The van der Waals surface area contributed by atoms with Gasteiger partial charge in [-0.1, -0.05) is 11.6 Å². The van der Waals surface area contributed by atoms with Gasteiger partial charge in [0.2, 0.25) is 5.91 Å². The van der Waals surface area contributed by atoms with Crippen molar-refractivity contribution in [2.75, 3.05) is 18.1 Å². The van der Waals surface area contributed by atoms with Gasteiger partial charge in [0.05, 0.1) is 17.0 Å². The van der Waals surface area contributed by atoms with Crippen molar-refractivity contribution < 1.29 is 18.0 Å². The van der Waals surface area contributed by atoms with Crippen LogP contribution in [0.25, 0.3) is 0 Å². The minimum Gasteiger partial charge on any atom is -0.352 e. The molecule has 1 unspecified atom stereocenters. The number of nitrogens with one attached hydrogen (secondary N) is 2. The number of hydrogen-bond donors (Lipinski definition) is 2. The van der Waals surface area contributed by atoms with E-state index in [2.05, 4.69) is 10.6 Å². The van der Waals surface area contributed by atoms with E-state index in [1.807, 2.05) is 0 Å². The number of carbonyl (C=O) groups is 2. The molecule has 0 aromatic heterocycles. The lowest BCUT2D eigenvalue weighted by molar-refractivity contribution is -0.122. The van der Waals surface area contributed by atoms with Crippen LogP contribution in [0.3, 0.4) is 0 Å². The van der Waals surface area contributed by atoms with Crippen LogP contribution in [0, 0.1) is 0 Å². The molecule has 24 heavy (non-hydrogen) atoms. The lowest BCUT2D eigenvalue weighted by Crippen LogP contribution is -2.47. The number of hydrogen-bond acceptors (Lipinski definition) is 4. The average Bonchev–Trinajstić information content (AvgIpc) is 2.77. The van der Waals surface area contributed by atoms with Gasteiger partial charge in [-0.3, -0.25) is 9.59 Å². The van der Waals surface area contributed by atoms with Crippen LogP contribution >= 0.6 is 11.6 Å². The average molecular weight is 373 g/mol. The predicted molar refractivity (Wildman–Crippen MR) is 92.8 cm³/mol. The fourth-order valence-electron chi connectivity index (χ4n) is 2.66. The third kappa shape index (κ3) is 5.49. The van der Waals surface area contributed by atoms with E-state index in [-0.39, 0.29) is 29.7 Å². The fourth-order valence-corrected chi connectivity index (χ4v) is 4.88. The summed E-state index contributed by atoms with van der Waals surface area (Å²) in [4.78, 5) is 23.8. The molecular weight excluding hydrogens is 352 g/mol. The first-order valence-electron chi connectivity index (χ1n) is 7.74. The van der Waals surface area contributed by atoms with Crippen LogP contribution in [0.1, 0.15) is 36.5 Å². The van der Waals surface area contributed by atoms with Crippen molar-refractivity contribution in [2.24, 2.45) is 0 Å². The van der Waals surface area contributed by atoms with Gasteiger partial charge in [0.1, 0.15) is 0 Å². The monoisotopic (exact) mass is 372 g/mol. The van der Waals surface area contributed by atoms with E-state index in [0.29, 0.717) is 30.0 Å². The zero-order valence-electron chi connectivity index (χ0n) is 13.5. The summed E-state index contributed by atoms with van der Waals surface area (Å²) in [5.74, 6) is -0.323. The second-order valence-corrected chi connectivity index (χ2v) is 8.94. The van der Waals surface area contributed by atoms with Crippen molar-refractivity contribution in [3.63, 3.8) is 0 Å². The number of sulfone groups is 1. The second kappa shape index (κ2) is 7.53. The lowest BCUT2D eigenvalue weighted by Gasteiger charge is -2.23. The van der Waals surface area contributed by atoms with E-state index in [4.69, 9.17) is 11.6 Å². The molecule has 1 heterocycles. The SMILES string of the molecule is CC1(NC(=O)CCCNC(=O)c2ccc(Cl)cc2)CCS(=O)(=O)C1. The van der Waals surface area contributed by atoms with Crippen molar-refractivity contribution >= 4 is 33.3 Å². The topological polar surface area (TPSA) is 92.3 Å². The minimum atomic E-state index is -3.05. The minimum absolute atomic E-state index is 0.0148. The van der Waals surface area contributed by atoms with Gasteiger partial charge >= 0.3 is 0 Å². The van der Waals surface area contributed by atoms with Crippen LogP contribution in [-0.2, 0) is 14.6 Å². The van der Waals surface area contributed by atoms with Gasteiger partial charge < -0.3 is 10.6 Å². The summed E-state index contributed by atoms with van der Waals surface area (Å²) in [5.41, 5.74) is -0.171. The maximum atomic E-state index is 11.9. The summed E-state index contributed by atoms with van der Waals surface area (Å²) < 4.78 is 23.0. The van der Waals surface area contributed by atoms with Gasteiger partial charge in [-0.05, 0) is 44.0 Å². The van der Waals surface area contributed by atoms with Crippen LogP contribution in [0.5, 0.6) is 0 Å². The first-order valence-corrected chi connectivity index (χ1v) is 9.94. The molecular formula is C16H21ClN2O4S. The Kier molecular flexibility index (Phi) is 5.87. The molecule has 6 nitrogen and oxygen atoms in total. The molecule has 1 aromatic rings. The summed E-state index contributed by atoms with van der Waals surface area (Å²) >= 11 is 5.76. The van der Waals surface area contributed by atoms with Crippen LogP contribution < -0.4 is 10.6 Å². The summed E-state index contributed by atoms with van der Waals surface area (Å²) in [5, 5.41) is 6.08. The molecule has 0 aliphatic carbocycles. The maximum absolute atomic E-state index is 11.9. The number of halogens is 1. The first kappa shape index (κ1) is 18.7. The van der Waals surface area contributed by atoms with Crippen molar-refractivity contribution in [1.82, 2.24) is 10.6 Å². The largest absolute Gasteiger partial charge is 0.352 e. The predicted octanol–water partition coefficient (Wildman–Crippen LogP) is 1.54.